The second-order valence-corrected chi connectivity index (χ2v) is 8.37. The van der Waals surface area contributed by atoms with Crippen LogP contribution >= 0.6 is 0 Å². The highest BCUT2D eigenvalue weighted by molar-refractivity contribution is 7.89. The molecule has 9 nitrogen and oxygen atoms in total. The highest BCUT2D eigenvalue weighted by Crippen LogP contribution is 2.24. The minimum absolute atomic E-state index is 0.173. The first kappa shape index (κ1) is 19.6. The summed E-state index contributed by atoms with van der Waals surface area (Å²) in [6.45, 7) is 0.835. The number of hydrogen-bond donors (Lipinski definition) is 1. The van der Waals surface area contributed by atoms with Crippen molar-refractivity contribution in [3.05, 3.63) is 24.3 Å². The summed E-state index contributed by atoms with van der Waals surface area (Å²) >= 11 is 0. The Morgan fingerprint density at radius 1 is 1.07 bits per heavy atom. The molecule has 0 radical (unpaired) electrons. The van der Waals surface area contributed by atoms with Crippen LogP contribution in [0.5, 0.6) is 5.75 Å². The lowest BCUT2D eigenvalue weighted by atomic mass is 10.1. The van der Waals surface area contributed by atoms with Gasteiger partial charge in [-0.25, -0.2) is 13.2 Å². The summed E-state index contributed by atoms with van der Waals surface area (Å²) in [4.78, 5) is 25.1. The minimum Gasteiger partial charge on any atom is -0.497 e. The van der Waals surface area contributed by atoms with Gasteiger partial charge in [0.05, 0.1) is 12.0 Å². The van der Waals surface area contributed by atoms with Crippen molar-refractivity contribution in [3.63, 3.8) is 0 Å². The Labute approximate surface area is 157 Å². The third kappa shape index (κ3) is 4.07. The molecule has 0 aliphatic carbocycles. The maximum atomic E-state index is 12.7. The molecule has 1 aromatic carbocycles. The van der Waals surface area contributed by atoms with Crippen molar-refractivity contribution >= 4 is 21.9 Å². The third-order valence-electron chi connectivity index (χ3n) is 4.82. The third-order valence-corrected chi connectivity index (χ3v) is 6.73. The highest BCUT2D eigenvalue weighted by atomic mass is 32.2. The summed E-state index contributed by atoms with van der Waals surface area (Å²) in [5.74, 6) is -0.776. The fourth-order valence-corrected chi connectivity index (χ4v) is 4.67. The number of nitrogens with zero attached hydrogens (tertiary/aromatic N) is 2. The zero-order valence-corrected chi connectivity index (χ0v) is 15.7. The number of hydrogen-bond acceptors (Lipinski definition) is 6. The van der Waals surface area contributed by atoms with Crippen LogP contribution in [0.4, 0.5) is 0 Å². The fourth-order valence-electron chi connectivity index (χ4n) is 3.25. The number of aliphatic carboxylic acids is 1. The molecule has 0 saturated carbocycles. The molecule has 10 heteroatoms. The highest BCUT2D eigenvalue weighted by Gasteiger charge is 2.38. The lowest BCUT2D eigenvalue weighted by Gasteiger charge is -2.35. The summed E-state index contributed by atoms with van der Waals surface area (Å²) in [6.07, 6.45) is -1.05. The van der Waals surface area contributed by atoms with Crippen molar-refractivity contribution in [1.29, 1.82) is 0 Å². The monoisotopic (exact) mass is 398 g/mol. The molecule has 0 unspecified atom stereocenters. The number of piperazine rings is 1. The Kier molecular flexibility index (Phi) is 5.68. The summed E-state index contributed by atoms with van der Waals surface area (Å²) < 4.78 is 37.1. The van der Waals surface area contributed by atoms with Crippen LogP contribution in [0, 0.1) is 0 Å². The van der Waals surface area contributed by atoms with Gasteiger partial charge >= 0.3 is 5.97 Å². The molecule has 2 saturated heterocycles. The topological polar surface area (TPSA) is 113 Å². The zero-order chi connectivity index (χ0) is 19.6. The van der Waals surface area contributed by atoms with Gasteiger partial charge in [-0.2, -0.15) is 4.31 Å². The first-order chi connectivity index (χ1) is 12.8. The number of rotatable bonds is 5. The fraction of sp³-hybridized carbons (Fsp3) is 0.529. The van der Waals surface area contributed by atoms with E-state index in [1.54, 1.807) is 12.1 Å². The molecule has 0 spiro atoms. The Morgan fingerprint density at radius 3 is 2.19 bits per heavy atom. The first-order valence-electron chi connectivity index (χ1n) is 8.64. The van der Waals surface area contributed by atoms with E-state index in [0.717, 1.165) is 0 Å². The number of benzene rings is 1. The second-order valence-electron chi connectivity index (χ2n) is 6.43. The SMILES string of the molecule is COc1ccc(S(=O)(=O)N2CCN(C(=O)[C@@H]3CC[C@H](C(=O)O)O3)CC2)cc1. The Balaban J connectivity index is 1.59. The number of carbonyl (C=O) groups is 2. The van der Waals surface area contributed by atoms with Crippen molar-refractivity contribution in [3.8, 4) is 5.75 Å². The van der Waals surface area contributed by atoms with E-state index in [9.17, 15) is 18.0 Å². The molecule has 1 aromatic rings. The summed E-state index contributed by atoms with van der Waals surface area (Å²) in [6, 6.07) is 6.15. The number of amides is 1. The lowest BCUT2D eigenvalue weighted by molar-refractivity contribution is -0.155. The molecule has 2 atom stereocenters. The summed E-state index contributed by atoms with van der Waals surface area (Å²) in [5.41, 5.74) is 0. The van der Waals surface area contributed by atoms with Crippen LogP contribution in [0.1, 0.15) is 12.8 Å². The van der Waals surface area contributed by atoms with Crippen molar-refractivity contribution < 1.29 is 32.6 Å². The molecule has 2 aliphatic rings. The molecule has 2 fully saturated rings. The maximum Gasteiger partial charge on any atom is 0.332 e. The van der Waals surface area contributed by atoms with E-state index >= 15 is 0 Å². The van der Waals surface area contributed by atoms with Crippen LogP contribution in [0.15, 0.2) is 29.2 Å². The van der Waals surface area contributed by atoms with Crippen molar-refractivity contribution in [2.24, 2.45) is 0 Å². The zero-order valence-electron chi connectivity index (χ0n) is 14.9. The largest absolute Gasteiger partial charge is 0.497 e. The molecule has 2 aliphatic heterocycles. The molecule has 0 aromatic heterocycles. The van der Waals surface area contributed by atoms with E-state index in [-0.39, 0.29) is 37.0 Å². The van der Waals surface area contributed by atoms with E-state index in [1.165, 1.54) is 28.4 Å². The van der Waals surface area contributed by atoms with Gasteiger partial charge in [-0.15, -0.1) is 0 Å². The number of carboxylic acid groups (broad SMARTS) is 1. The van der Waals surface area contributed by atoms with Gasteiger partial charge in [0.2, 0.25) is 10.0 Å². The Bertz CT molecular complexity index is 801. The summed E-state index contributed by atoms with van der Waals surface area (Å²) in [5, 5.41) is 8.96. The number of sulfonamides is 1. The van der Waals surface area contributed by atoms with Crippen LogP contribution in [-0.4, -0.2) is 80.1 Å². The average Bonchev–Trinajstić information content (AvgIpc) is 3.18. The van der Waals surface area contributed by atoms with Crippen molar-refractivity contribution in [2.45, 2.75) is 29.9 Å². The number of methoxy groups -OCH3 is 1. The van der Waals surface area contributed by atoms with Crippen LogP contribution in [0.2, 0.25) is 0 Å². The van der Waals surface area contributed by atoms with Crippen molar-refractivity contribution in [1.82, 2.24) is 9.21 Å². The molecular formula is C17H22N2O7S. The normalized spacial score (nSPS) is 24.0. The number of ether oxygens (including phenoxy) is 2. The quantitative estimate of drug-likeness (QED) is 0.752. The number of carbonyl (C=O) groups excluding carboxylic acids is 1. The van der Waals surface area contributed by atoms with Gasteiger partial charge in [0.1, 0.15) is 11.9 Å². The molecule has 0 bridgehead atoms. The van der Waals surface area contributed by atoms with E-state index < -0.39 is 28.2 Å². The summed E-state index contributed by atoms with van der Waals surface area (Å²) in [7, 11) is -2.14. The van der Waals surface area contributed by atoms with Gasteiger partial charge < -0.3 is 19.5 Å². The molecule has 3 rings (SSSR count). The lowest BCUT2D eigenvalue weighted by Crippen LogP contribution is -2.52. The average molecular weight is 398 g/mol. The van der Waals surface area contributed by atoms with Crippen LogP contribution < -0.4 is 4.74 Å². The van der Waals surface area contributed by atoms with Gasteiger partial charge in [-0.05, 0) is 37.1 Å². The predicted octanol–water partition coefficient (Wildman–Crippen LogP) is 0.160. The van der Waals surface area contributed by atoms with Gasteiger partial charge in [0.25, 0.3) is 5.91 Å². The minimum atomic E-state index is -3.64. The van der Waals surface area contributed by atoms with Gasteiger partial charge in [0.15, 0.2) is 6.10 Å². The molecule has 27 heavy (non-hydrogen) atoms. The molecule has 1 amide bonds. The van der Waals surface area contributed by atoms with Gasteiger partial charge in [-0.3, -0.25) is 4.79 Å². The standard InChI is InChI=1S/C17H22N2O7S/c1-25-12-2-4-13(5-3-12)27(23,24)19-10-8-18(9-11-19)16(20)14-6-7-15(26-14)17(21)22/h2-5,14-15H,6-11H2,1H3,(H,21,22)/t14-,15+/m0/s1. The predicted molar refractivity (Wildman–Crippen MR) is 93.9 cm³/mol. The Morgan fingerprint density at radius 2 is 1.67 bits per heavy atom. The number of carboxylic acids is 1. The van der Waals surface area contributed by atoms with Gasteiger partial charge in [0, 0.05) is 26.2 Å². The maximum absolute atomic E-state index is 12.7. The molecule has 2 heterocycles. The smallest absolute Gasteiger partial charge is 0.332 e. The molecule has 148 valence electrons. The molecular weight excluding hydrogens is 376 g/mol. The van der Waals surface area contributed by atoms with Gasteiger partial charge in [-0.1, -0.05) is 0 Å². The van der Waals surface area contributed by atoms with E-state index in [4.69, 9.17) is 14.6 Å². The van der Waals surface area contributed by atoms with Crippen LogP contribution in [0.25, 0.3) is 0 Å². The van der Waals surface area contributed by atoms with E-state index in [0.29, 0.717) is 18.6 Å². The van der Waals surface area contributed by atoms with E-state index in [2.05, 4.69) is 0 Å². The second kappa shape index (κ2) is 7.83. The van der Waals surface area contributed by atoms with Crippen molar-refractivity contribution in [2.75, 3.05) is 33.3 Å². The van der Waals surface area contributed by atoms with Crippen LogP contribution in [0.3, 0.4) is 0 Å². The van der Waals surface area contributed by atoms with Crippen LogP contribution in [-0.2, 0) is 24.3 Å². The molecule has 1 N–H and O–H groups in total. The van der Waals surface area contributed by atoms with E-state index in [1.807, 2.05) is 0 Å². The Hall–Kier alpha value is -2.17. The first-order valence-corrected chi connectivity index (χ1v) is 10.1.